The van der Waals surface area contributed by atoms with Crippen molar-refractivity contribution in [2.45, 2.75) is 31.2 Å². The van der Waals surface area contributed by atoms with Gasteiger partial charge in [0.05, 0.1) is 0 Å². The maximum Gasteiger partial charge on any atom is 0.131 e. The zero-order valence-electron chi connectivity index (χ0n) is 9.75. The number of hydrogen-bond acceptors (Lipinski definition) is 1. The Balaban J connectivity index is 2.14. The molecule has 3 rings (SSSR count). The fourth-order valence-corrected chi connectivity index (χ4v) is 2.85. The van der Waals surface area contributed by atoms with Crippen molar-refractivity contribution in [2.75, 3.05) is 0 Å². The van der Waals surface area contributed by atoms with Crippen molar-refractivity contribution in [3.8, 4) is 0 Å². The highest BCUT2D eigenvalue weighted by Crippen LogP contribution is 2.37. The van der Waals surface area contributed by atoms with Crippen LogP contribution in [0.15, 0.2) is 36.4 Å². The Labute approximate surface area is 100 Å². The smallest absolute Gasteiger partial charge is 0.131 e. The predicted molar refractivity (Wildman–Crippen MR) is 68.2 cm³/mol. The fraction of sp³-hybridized carbons (Fsp3) is 0.333. The molecule has 0 aromatic heterocycles. The Kier molecular flexibility index (Phi) is 2.40. The van der Waals surface area contributed by atoms with Gasteiger partial charge in [0.15, 0.2) is 0 Å². The summed E-state index contributed by atoms with van der Waals surface area (Å²) in [5.74, 6) is -0.161. The van der Waals surface area contributed by atoms with Crippen LogP contribution in [0.2, 0.25) is 0 Å². The van der Waals surface area contributed by atoms with Gasteiger partial charge in [-0.2, -0.15) is 0 Å². The molecule has 0 amide bonds. The van der Waals surface area contributed by atoms with Crippen LogP contribution < -0.4 is 5.73 Å². The third-order valence-corrected chi connectivity index (χ3v) is 3.90. The minimum Gasteiger partial charge on any atom is -0.321 e. The second-order valence-electron chi connectivity index (χ2n) is 5.04. The predicted octanol–water partition coefficient (Wildman–Crippen LogP) is 3.71. The molecule has 1 aliphatic rings. The molecule has 0 bridgehead atoms. The first-order valence-corrected chi connectivity index (χ1v) is 6.17. The average molecular weight is 229 g/mol. The monoisotopic (exact) mass is 229 g/mol. The molecule has 2 N–H and O–H groups in total. The summed E-state index contributed by atoms with van der Waals surface area (Å²) < 4.78 is 13.6. The van der Waals surface area contributed by atoms with Crippen LogP contribution in [0.1, 0.15) is 31.2 Å². The molecular weight excluding hydrogens is 213 g/mol. The van der Waals surface area contributed by atoms with E-state index in [1.54, 1.807) is 6.07 Å². The van der Waals surface area contributed by atoms with Gasteiger partial charge in [-0.05, 0) is 35.9 Å². The molecule has 0 spiro atoms. The molecule has 0 heterocycles. The van der Waals surface area contributed by atoms with Crippen LogP contribution in [0.4, 0.5) is 4.39 Å². The summed E-state index contributed by atoms with van der Waals surface area (Å²) in [5, 5.41) is 1.62. The normalized spacial score (nSPS) is 18.7. The van der Waals surface area contributed by atoms with Gasteiger partial charge in [0.2, 0.25) is 0 Å². The average Bonchev–Trinajstić information content (AvgIpc) is 2.77. The zero-order chi connectivity index (χ0) is 11.9. The van der Waals surface area contributed by atoms with Crippen molar-refractivity contribution >= 4 is 10.8 Å². The summed E-state index contributed by atoms with van der Waals surface area (Å²) in [6.45, 7) is 0. The van der Waals surface area contributed by atoms with Crippen molar-refractivity contribution in [2.24, 2.45) is 5.73 Å². The van der Waals surface area contributed by atoms with Gasteiger partial charge in [0.25, 0.3) is 0 Å². The maximum atomic E-state index is 13.6. The first-order chi connectivity index (χ1) is 8.19. The lowest BCUT2D eigenvalue weighted by Gasteiger charge is -2.24. The highest BCUT2D eigenvalue weighted by Gasteiger charge is 2.31. The number of nitrogens with two attached hydrogens (primary N) is 1. The molecule has 2 aromatic carbocycles. The first kappa shape index (κ1) is 10.7. The van der Waals surface area contributed by atoms with E-state index in [9.17, 15) is 4.39 Å². The van der Waals surface area contributed by atoms with Gasteiger partial charge in [-0.3, -0.25) is 0 Å². The van der Waals surface area contributed by atoms with E-state index in [-0.39, 0.29) is 11.4 Å². The number of benzene rings is 2. The van der Waals surface area contributed by atoms with E-state index in [0.717, 1.165) is 23.8 Å². The molecule has 0 unspecified atom stereocenters. The molecule has 0 saturated heterocycles. The minimum atomic E-state index is -0.194. The Morgan fingerprint density at radius 3 is 2.59 bits per heavy atom. The lowest BCUT2D eigenvalue weighted by atomic mass is 9.88. The van der Waals surface area contributed by atoms with Gasteiger partial charge in [0.1, 0.15) is 5.82 Å². The summed E-state index contributed by atoms with van der Waals surface area (Å²) in [6.07, 6.45) is 4.46. The largest absolute Gasteiger partial charge is 0.321 e. The van der Waals surface area contributed by atoms with E-state index < -0.39 is 0 Å². The summed E-state index contributed by atoms with van der Waals surface area (Å²) in [6, 6.07) is 11.1. The van der Waals surface area contributed by atoms with Crippen molar-refractivity contribution < 1.29 is 4.39 Å². The van der Waals surface area contributed by atoms with E-state index in [1.165, 1.54) is 18.9 Å². The SMILES string of the molecule is NC1(c2ccc3c(F)cccc3c2)CCCC1. The lowest BCUT2D eigenvalue weighted by molar-refractivity contribution is 0.462. The summed E-state index contributed by atoms with van der Waals surface area (Å²) in [7, 11) is 0. The van der Waals surface area contributed by atoms with Crippen LogP contribution >= 0.6 is 0 Å². The van der Waals surface area contributed by atoms with Gasteiger partial charge >= 0.3 is 0 Å². The highest BCUT2D eigenvalue weighted by molar-refractivity contribution is 5.83. The molecule has 2 aromatic rings. The molecule has 1 saturated carbocycles. The third kappa shape index (κ3) is 1.73. The van der Waals surface area contributed by atoms with Crippen LogP contribution in [0.5, 0.6) is 0 Å². The topological polar surface area (TPSA) is 26.0 Å². The van der Waals surface area contributed by atoms with Gasteiger partial charge in [-0.1, -0.05) is 37.1 Å². The molecule has 1 fully saturated rings. The van der Waals surface area contributed by atoms with Crippen molar-refractivity contribution in [3.63, 3.8) is 0 Å². The van der Waals surface area contributed by atoms with Crippen LogP contribution in [-0.2, 0) is 5.54 Å². The molecule has 2 heteroatoms. The zero-order valence-corrected chi connectivity index (χ0v) is 9.75. The van der Waals surface area contributed by atoms with Gasteiger partial charge in [0, 0.05) is 10.9 Å². The van der Waals surface area contributed by atoms with Gasteiger partial charge in [-0.15, -0.1) is 0 Å². The van der Waals surface area contributed by atoms with E-state index in [4.69, 9.17) is 5.73 Å². The third-order valence-electron chi connectivity index (χ3n) is 3.90. The van der Waals surface area contributed by atoms with Gasteiger partial charge < -0.3 is 5.73 Å². The molecule has 0 aliphatic heterocycles. The fourth-order valence-electron chi connectivity index (χ4n) is 2.85. The highest BCUT2D eigenvalue weighted by atomic mass is 19.1. The van der Waals surface area contributed by atoms with E-state index in [0.29, 0.717) is 5.39 Å². The molecule has 17 heavy (non-hydrogen) atoms. The molecule has 0 radical (unpaired) electrons. The number of fused-ring (bicyclic) bond motifs is 1. The van der Waals surface area contributed by atoms with E-state index >= 15 is 0 Å². The van der Waals surface area contributed by atoms with Crippen LogP contribution in [0.25, 0.3) is 10.8 Å². The summed E-state index contributed by atoms with van der Waals surface area (Å²) in [4.78, 5) is 0. The van der Waals surface area contributed by atoms with Crippen LogP contribution in [-0.4, -0.2) is 0 Å². The van der Waals surface area contributed by atoms with Crippen molar-refractivity contribution in [1.29, 1.82) is 0 Å². The van der Waals surface area contributed by atoms with Crippen LogP contribution in [0.3, 0.4) is 0 Å². The molecule has 1 aliphatic carbocycles. The standard InChI is InChI=1S/C15H16FN/c16-14-5-3-4-11-10-12(6-7-13(11)14)15(17)8-1-2-9-15/h3-7,10H,1-2,8-9,17H2. The Bertz CT molecular complexity index is 556. The van der Waals surface area contributed by atoms with Crippen molar-refractivity contribution in [3.05, 3.63) is 47.8 Å². The van der Waals surface area contributed by atoms with Crippen LogP contribution in [0, 0.1) is 5.82 Å². The Morgan fingerprint density at radius 2 is 1.82 bits per heavy atom. The first-order valence-electron chi connectivity index (χ1n) is 6.17. The maximum absolute atomic E-state index is 13.6. The molecule has 88 valence electrons. The molecular formula is C15H16FN. The second-order valence-corrected chi connectivity index (χ2v) is 5.04. The Hall–Kier alpha value is -1.41. The summed E-state index contributed by atoms with van der Waals surface area (Å²) >= 11 is 0. The van der Waals surface area contributed by atoms with Crippen molar-refractivity contribution in [1.82, 2.24) is 0 Å². The minimum absolute atomic E-state index is 0.161. The second kappa shape index (κ2) is 3.81. The lowest BCUT2D eigenvalue weighted by Crippen LogP contribution is -2.32. The summed E-state index contributed by atoms with van der Waals surface area (Å²) in [5.41, 5.74) is 7.37. The van der Waals surface area contributed by atoms with E-state index in [1.807, 2.05) is 24.3 Å². The molecule has 1 nitrogen and oxygen atoms in total. The quantitative estimate of drug-likeness (QED) is 0.792. The number of hydrogen-bond donors (Lipinski definition) is 1. The number of halogens is 1. The van der Waals surface area contributed by atoms with Gasteiger partial charge in [-0.25, -0.2) is 4.39 Å². The molecule has 0 atom stereocenters. The van der Waals surface area contributed by atoms with E-state index in [2.05, 4.69) is 0 Å². The Morgan fingerprint density at radius 1 is 1.06 bits per heavy atom. The number of rotatable bonds is 1.